The van der Waals surface area contributed by atoms with Crippen LogP contribution in [0.4, 0.5) is 17.1 Å². The highest BCUT2D eigenvalue weighted by Crippen LogP contribution is 2.32. The van der Waals surface area contributed by atoms with Gasteiger partial charge in [0.15, 0.2) is 0 Å². The van der Waals surface area contributed by atoms with E-state index in [-0.39, 0.29) is 0 Å². The van der Waals surface area contributed by atoms with Gasteiger partial charge in [0, 0.05) is 32.4 Å². The molecule has 17 heavy (non-hydrogen) atoms. The number of piperidine rings is 1. The molecular weight excluding hydrogens is 210 g/mol. The summed E-state index contributed by atoms with van der Waals surface area (Å²) in [5.41, 5.74) is 9.44. The maximum atomic E-state index is 6.18. The number of nitrogens with zero attached hydrogens (tertiary/aromatic N) is 2. The van der Waals surface area contributed by atoms with E-state index in [1.807, 2.05) is 14.1 Å². The Balaban J connectivity index is 2.26. The first-order chi connectivity index (χ1) is 8.09. The van der Waals surface area contributed by atoms with E-state index in [1.54, 1.807) is 0 Å². The molecule has 2 rings (SSSR count). The molecule has 94 valence electrons. The third-order valence-electron chi connectivity index (χ3n) is 3.64. The fraction of sp³-hybridized carbons (Fsp3) is 0.571. The molecule has 0 saturated carbocycles. The molecule has 0 amide bonds. The summed E-state index contributed by atoms with van der Waals surface area (Å²) in [6, 6.07) is 6.98. The van der Waals surface area contributed by atoms with Crippen molar-refractivity contribution in [1.82, 2.24) is 0 Å². The second-order valence-electron chi connectivity index (χ2n) is 5.18. The first-order valence-electron chi connectivity index (χ1n) is 6.43. The van der Waals surface area contributed by atoms with Gasteiger partial charge in [0.25, 0.3) is 0 Å². The topological polar surface area (TPSA) is 32.5 Å². The summed E-state index contributed by atoms with van der Waals surface area (Å²) in [5.74, 6) is 0. The molecule has 1 aliphatic rings. The highest BCUT2D eigenvalue weighted by atomic mass is 15.2. The molecule has 0 spiro atoms. The summed E-state index contributed by atoms with van der Waals surface area (Å²) in [6.07, 6.45) is 3.89. The van der Waals surface area contributed by atoms with Crippen molar-refractivity contribution in [2.75, 3.05) is 36.2 Å². The third-order valence-corrected chi connectivity index (χ3v) is 3.64. The summed E-state index contributed by atoms with van der Waals surface area (Å²) in [7, 11) is 4.08. The van der Waals surface area contributed by atoms with Crippen LogP contribution in [-0.2, 0) is 0 Å². The van der Waals surface area contributed by atoms with Gasteiger partial charge < -0.3 is 15.5 Å². The van der Waals surface area contributed by atoms with E-state index < -0.39 is 0 Å². The molecule has 3 heteroatoms. The number of nitrogen functional groups attached to an aromatic ring is 1. The van der Waals surface area contributed by atoms with Gasteiger partial charge in [0.1, 0.15) is 0 Å². The second kappa shape index (κ2) is 4.86. The van der Waals surface area contributed by atoms with E-state index in [9.17, 15) is 0 Å². The molecule has 1 aromatic rings. The van der Waals surface area contributed by atoms with Gasteiger partial charge in [-0.3, -0.25) is 0 Å². The number of benzene rings is 1. The Labute approximate surface area is 104 Å². The van der Waals surface area contributed by atoms with Crippen molar-refractivity contribution in [1.29, 1.82) is 0 Å². The molecule has 0 radical (unpaired) electrons. The fourth-order valence-corrected chi connectivity index (χ4v) is 2.54. The van der Waals surface area contributed by atoms with Crippen molar-refractivity contribution < 1.29 is 0 Å². The quantitative estimate of drug-likeness (QED) is 0.797. The van der Waals surface area contributed by atoms with E-state index in [4.69, 9.17) is 5.73 Å². The predicted molar refractivity (Wildman–Crippen MR) is 75.8 cm³/mol. The van der Waals surface area contributed by atoms with E-state index in [2.05, 4.69) is 34.9 Å². The number of rotatable bonds is 2. The number of nitrogens with two attached hydrogens (primary N) is 1. The Bertz CT molecular complexity index is 387. The molecule has 1 heterocycles. The SMILES string of the molecule is CC1CCCCN1c1ccc(N(C)C)cc1N. The highest BCUT2D eigenvalue weighted by Gasteiger charge is 2.20. The van der Waals surface area contributed by atoms with E-state index in [1.165, 1.54) is 24.9 Å². The van der Waals surface area contributed by atoms with Crippen LogP contribution in [0.2, 0.25) is 0 Å². The maximum absolute atomic E-state index is 6.18. The first kappa shape index (κ1) is 12.1. The lowest BCUT2D eigenvalue weighted by Gasteiger charge is -2.36. The molecule has 1 aromatic carbocycles. The highest BCUT2D eigenvalue weighted by molar-refractivity contribution is 5.73. The van der Waals surface area contributed by atoms with Crippen LogP contribution in [0.5, 0.6) is 0 Å². The van der Waals surface area contributed by atoms with Crippen LogP contribution < -0.4 is 15.5 Å². The monoisotopic (exact) mass is 233 g/mol. The molecule has 0 bridgehead atoms. The molecule has 1 unspecified atom stereocenters. The smallest absolute Gasteiger partial charge is 0.0603 e. The standard InChI is InChI=1S/C14H23N3/c1-11-6-4-5-9-17(11)14-8-7-12(16(2)3)10-13(14)15/h7-8,10-11H,4-6,9,15H2,1-3H3. The van der Waals surface area contributed by atoms with Gasteiger partial charge in [0.05, 0.1) is 11.4 Å². The summed E-state index contributed by atoms with van der Waals surface area (Å²) >= 11 is 0. The number of hydrogen-bond donors (Lipinski definition) is 1. The molecule has 2 N–H and O–H groups in total. The minimum Gasteiger partial charge on any atom is -0.397 e. The van der Waals surface area contributed by atoms with Crippen LogP contribution in [0.3, 0.4) is 0 Å². The van der Waals surface area contributed by atoms with Crippen LogP contribution in [0.25, 0.3) is 0 Å². The predicted octanol–water partition coefficient (Wildman–Crippen LogP) is 2.71. The Hall–Kier alpha value is -1.38. The number of hydrogen-bond acceptors (Lipinski definition) is 3. The van der Waals surface area contributed by atoms with Crippen molar-refractivity contribution in [3.8, 4) is 0 Å². The van der Waals surface area contributed by atoms with Crippen LogP contribution >= 0.6 is 0 Å². The molecule has 0 aromatic heterocycles. The van der Waals surface area contributed by atoms with Crippen molar-refractivity contribution in [3.63, 3.8) is 0 Å². The van der Waals surface area contributed by atoms with Crippen LogP contribution in [0.1, 0.15) is 26.2 Å². The van der Waals surface area contributed by atoms with E-state index in [0.29, 0.717) is 6.04 Å². The van der Waals surface area contributed by atoms with Crippen molar-refractivity contribution in [3.05, 3.63) is 18.2 Å². The zero-order valence-corrected chi connectivity index (χ0v) is 11.1. The summed E-state index contributed by atoms with van der Waals surface area (Å²) < 4.78 is 0. The lowest BCUT2D eigenvalue weighted by Crippen LogP contribution is -2.37. The largest absolute Gasteiger partial charge is 0.397 e. The Kier molecular flexibility index (Phi) is 3.46. The molecular formula is C14H23N3. The van der Waals surface area contributed by atoms with Crippen LogP contribution in [0, 0.1) is 0 Å². The zero-order valence-electron chi connectivity index (χ0n) is 11.1. The van der Waals surface area contributed by atoms with Gasteiger partial charge in [-0.05, 0) is 44.4 Å². The summed E-state index contributed by atoms with van der Waals surface area (Å²) in [5, 5.41) is 0. The van der Waals surface area contributed by atoms with Gasteiger partial charge in [-0.1, -0.05) is 0 Å². The maximum Gasteiger partial charge on any atom is 0.0603 e. The Morgan fingerprint density at radius 3 is 2.65 bits per heavy atom. The third kappa shape index (κ3) is 2.48. The Morgan fingerprint density at radius 1 is 1.29 bits per heavy atom. The number of anilines is 3. The second-order valence-corrected chi connectivity index (χ2v) is 5.18. The lowest BCUT2D eigenvalue weighted by atomic mass is 10.0. The van der Waals surface area contributed by atoms with Gasteiger partial charge in [-0.25, -0.2) is 0 Å². The minimum atomic E-state index is 0.608. The first-order valence-corrected chi connectivity index (χ1v) is 6.43. The molecule has 1 fully saturated rings. The van der Waals surface area contributed by atoms with Gasteiger partial charge in [0.2, 0.25) is 0 Å². The van der Waals surface area contributed by atoms with Crippen molar-refractivity contribution in [2.24, 2.45) is 0 Å². The molecule has 1 atom stereocenters. The molecule has 1 saturated heterocycles. The van der Waals surface area contributed by atoms with Gasteiger partial charge in [-0.2, -0.15) is 0 Å². The van der Waals surface area contributed by atoms with E-state index >= 15 is 0 Å². The van der Waals surface area contributed by atoms with Crippen molar-refractivity contribution in [2.45, 2.75) is 32.2 Å². The lowest BCUT2D eigenvalue weighted by molar-refractivity contribution is 0.485. The Morgan fingerprint density at radius 2 is 2.06 bits per heavy atom. The fourth-order valence-electron chi connectivity index (χ4n) is 2.54. The minimum absolute atomic E-state index is 0.608. The van der Waals surface area contributed by atoms with Crippen LogP contribution in [0.15, 0.2) is 18.2 Å². The summed E-state index contributed by atoms with van der Waals surface area (Å²) in [4.78, 5) is 4.53. The average molecular weight is 233 g/mol. The van der Waals surface area contributed by atoms with Crippen LogP contribution in [-0.4, -0.2) is 26.7 Å². The normalized spacial score (nSPS) is 20.4. The molecule has 0 aliphatic carbocycles. The summed E-state index contributed by atoms with van der Waals surface area (Å²) in [6.45, 7) is 3.42. The average Bonchev–Trinajstić information content (AvgIpc) is 2.30. The molecule has 1 aliphatic heterocycles. The molecule has 3 nitrogen and oxygen atoms in total. The van der Waals surface area contributed by atoms with Gasteiger partial charge >= 0.3 is 0 Å². The van der Waals surface area contributed by atoms with E-state index in [0.717, 1.165) is 17.9 Å². The zero-order chi connectivity index (χ0) is 12.4. The van der Waals surface area contributed by atoms with Gasteiger partial charge in [-0.15, -0.1) is 0 Å². The van der Waals surface area contributed by atoms with Crippen molar-refractivity contribution >= 4 is 17.1 Å².